The molecular weight excluding hydrogens is 242 g/mol. The maximum Gasteiger partial charge on any atom is 0.254 e. The fraction of sp³-hybridized carbons (Fsp3) is 0.0769. The third kappa shape index (κ3) is 1.83. The van der Waals surface area contributed by atoms with E-state index in [2.05, 4.69) is 15.1 Å². The molecule has 0 saturated carbocycles. The highest BCUT2D eigenvalue weighted by molar-refractivity contribution is 5.98. The van der Waals surface area contributed by atoms with Crippen LogP contribution in [0.5, 0.6) is 0 Å². The summed E-state index contributed by atoms with van der Waals surface area (Å²) in [5, 5.41) is 4.11. The molecule has 0 aliphatic rings. The average Bonchev–Trinajstić information content (AvgIpc) is 2.84. The highest BCUT2D eigenvalue weighted by Gasteiger charge is 2.13. The molecule has 3 aromatic rings. The molecule has 3 aromatic heterocycles. The van der Waals surface area contributed by atoms with Crippen LogP contribution >= 0.6 is 0 Å². The van der Waals surface area contributed by atoms with Crippen molar-refractivity contribution in [3.05, 3.63) is 48.0 Å². The highest BCUT2D eigenvalue weighted by Crippen LogP contribution is 2.19. The molecule has 0 unspecified atom stereocenters. The summed E-state index contributed by atoms with van der Waals surface area (Å²) >= 11 is 0. The lowest BCUT2D eigenvalue weighted by Gasteiger charge is -2.04. The van der Waals surface area contributed by atoms with Gasteiger partial charge in [0.2, 0.25) is 0 Å². The maximum absolute atomic E-state index is 11.4. The number of nitrogens with two attached hydrogens (primary N) is 1. The number of aromatic nitrogens is 4. The molecule has 0 saturated heterocycles. The highest BCUT2D eigenvalue weighted by atomic mass is 16.1. The van der Waals surface area contributed by atoms with Crippen LogP contribution in [0.3, 0.4) is 0 Å². The average molecular weight is 253 g/mol. The van der Waals surface area contributed by atoms with Crippen LogP contribution in [0.1, 0.15) is 16.1 Å². The Morgan fingerprint density at radius 2 is 2.21 bits per heavy atom. The number of primary amides is 1. The number of hydrogen-bond acceptors (Lipinski definition) is 4. The third-order valence-electron chi connectivity index (χ3n) is 2.87. The van der Waals surface area contributed by atoms with Crippen LogP contribution in [0.25, 0.3) is 16.9 Å². The largest absolute Gasteiger partial charge is 0.365 e. The van der Waals surface area contributed by atoms with E-state index in [1.807, 2.05) is 25.1 Å². The van der Waals surface area contributed by atoms with E-state index < -0.39 is 5.91 Å². The van der Waals surface area contributed by atoms with Gasteiger partial charge in [0.15, 0.2) is 5.65 Å². The number of rotatable bonds is 2. The number of pyridine rings is 1. The molecule has 6 nitrogen and oxygen atoms in total. The quantitative estimate of drug-likeness (QED) is 0.743. The topological polar surface area (TPSA) is 86.2 Å². The molecule has 0 atom stereocenters. The predicted octanol–water partition coefficient (Wildman–Crippen LogP) is 1.20. The van der Waals surface area contributed by atoms with Crippen molar-refractivity contribution in [3.63, 3.8) is 0 Å². The minimum Gasteiger partial charge on any atom is -0.365 e. The van der Waals surface area contributed by atoms with Crippen LogP contribution in [0.4, 0.5) is 0 Å². The van der Waals surface area contributed by atoms with Crippen molar-refractivity contribution in [2.75, 3.05) is 0 Å². The summed E-state index contributed by atoms with van der Waals surface area (Å²) in [4.78, 5) is 19.9. The van der Waals surface area contributed by atoms with Crippen LogP contribution in [-0.2, 0) is 0 Å². The number of aryl methyl sites for hydroxylation is 1. The monoisotopic (exact) mass is 253 g/mol. The Morgan fingerprint density at radius 3 is 2.89 bits per heavy atom. The van der Waals surface area contributed by atoms with E-state index in [4.69, 9.17) is 5.73 Å². The zero-order valence-corrected chi connectivity index (χ0v) is 10.2. The smallest absolute Gasteiger partial charge is 0.254 e. The van der Waals surface area contributed by atoms with E-state index in [-0.39, 0.29) is 0 Å². The normalized spacial score (nSPS) is 10.8. The number of carbonyl (C=O) groups excluding carboxylic acids is 1. The third-order valence-corrected chi connectivity index (χ3v) is 2.87. The fourth-order valence-corrected chi connectivity index (χ4v) is 1.95. The van der Waals surface area contributed by atoms with Crippen molar-refractivity contribution < 1.29 is 4.79 Å². The van der Waals surface area contributed by atoms with E-state index >= 15 is 0 Å². The van der Waals surface area contributed by atoms with Gasteiger partial charge in [0, 0.05) is 23.7 Å². The molecule has 1 amide bonds. The molecule has 6 heteroatoms. The van der Waals surface area contributed by atoms with Gasteiger partial charge in [-0.2, -0.15) is 5.10 Å². The maximum atomic E-state index is 11.4. The van der Waals surface area contributed by atoms with Crippen molar-refractivity contribution in [1.29, 1.82) is 0 Å². The molecule has 0 bridgehead atoms. The van der Waals surface area contributed by atoms with E-state index in [1.165, 1.54) is 6.20 Å². The van der Waals surface area contributed by atoms with E-state index in [0.29, 0.717) is 11.2 Å². The lowest BCUT2D eigenvalue weighted by atomic mass is 10.2. The van der Waals surface area contributed by atoms with Crippen LogP contribution in [0, 0.1) is 6.92 Å². The first-order valence-corrected chi connectivity index (χ1v) is 5.72. The summed E-state index contributed by atoms with van der Waals surface area (Å²) in [5.74, 6) is -0.537. The van der Waals surface area contributed by atoms with Crippen LogP contribution in [0.15, 0.2) is 36.8 Å². The predicted molar refractivity (Wildman–Crippen MR) is 69.5 cm³/mol. The minimum absolute atomic E-state index is 0.314. The SMILES string of the molecule is Cc1cc(-c2cccnc2)nc2c(C(N)=O)cnn12. The first-order chi connectivity index (χ1) is 9.16. The summed E-state index contributed by atoms with van der Waals surface area (Å²) < 4.78 is 1.60. The van der Waals surface area contributed by atoms with Crippen LogP contribution < -0.4 is 5.73 Å². The van der Waals surface area contributed by atoms with Gasteiger partial charge >= 0.3 is 0 Å². The molecule has 0 fully saturated rings. The molecule has 0 radical (unpaired) electrons. The standard InChI is InChI=1S/C13H11N5O/c1-8-5-11(9-3-2-4-15-6-9)17-13-10(12(14)19)7-16-18(8)13/h2-7H,1H3,(H2,14,19). The van der Waals surface area contributed by atoms with Crippen LogP contribution in [-0.4, -0.2) is 25.5 Å². The van der Waals surface area contributed by atoms with Gasteiger partial charge in [-0.05, 0) is 25.1 Å². The van der Waals surface area contributed by atoms with E-state index in [0.717, 1.165) is 17.0 Å². The van der Waals surface area contributed by atoms with Gasteiger partial charge in [0.25, 0.3) is 5.91 Å². The zero-order valence-electron chi connectivity index (χ0n) is 10.2. The summed E-state index contributed by atoms with van der Waals surface area (Å²) in [6.45, 7) is 1.90. The molecular formula is C13H11N5O. The van der Waals surface area contributed by atoms with Gasteiger partial charge < -0.3 is 5.73 Å². The first kappa shape index (κ1) is 11.3. The fourth-order valence-electron chi connectivity index (χ4n) is 1.95. The molecule has 2 N–H and O–H groups in total. The first-order valence-electron chi connectivity index (χ1n) is 5.72. The van der Waals surface area contributed by atoms with Gasteiger partial charge in [0.05, 0.1) is 11.9 Å². The van der Waals surface area contributed by atoms with Crippen LogP contribution in [0.2, 0.25) is 0 Å². The Balaban J connectivity index is 2.28. The molecule has 3 heterocycles. The van der Waals surface area contributed by atoms with Gasteiger partial charge in [-0.25, -0.2) is 9.50 Å². The second-order valence-corrected chi connectivity index (χ2v) is 4.18. The molecule has 0 aliphatic heterocycles. The molecule has 19 heavy (non-hydrogen) atoms. The van der Waals surface area contributed by atoms with Gasteiger partial charge in [-0.15, -0.1) is 0 Å². The van der Waals surface area contributed by atoms with Gasteiger partial charge in [-0.3, -0.25) is 9.78 Å². The second-order valence-electron chi connectivity index (χ2n) is 4.18. The number of fused-ring (bicyclic) bond motifs is 1. The zero-order chi connectivity index (χ0) is 13.4. The van der Waals surface area contributed by atoms with Crippen molar-refractivity contribution >= 4 is 11.6 Å². The Hall–Kier alpha value is -2.76. The van der Waals surface area contributed by atoms with Crippen molar-refractivity contribution in [1.82, 2.24) is 19.6 Å². The number of carbonyl (C=O) groups is 1. The van der Waals surface area contributed by atoms with Crippen molar-refractivity contribution in [2.45, 2.75) is 6.92 Å². The van der Waals surface area contributed by atoms with E-state index in [9.17, 15) is 4.79 Å². The summed E-state index contributed by atoms with van der Waals surface area (Å²) in [6.07, 6.45) is 4.85. The molecule has 3 rings (SSSR count). The Bertz CT molecular complexity index is 763. The lowest BCUT2D eigenvalue weighted by molar-refractivity contribution is 0.100. The lowest BCUT2D eigenvalue weighted by Crippen LogP contribution is -2.11. The van der Waals surface area contributed by atoms with Gasteiger partial charge in [0.1, 0.15) is 5.56 Å². The Labute approximate surface area is 108 Å². The van der Waals surface area contributed by atoms with Crippen molar-refractivity contribution in [3.8, 4) is 11.3 Å². The molecule has 0 spiro atoms. The molecule has 0 aromatic carbocycles. The van der Waals surface area contributed by atoms with Gasteiger partial charge in [-0.1, -0.05) is 0 Å². The molecule has 94 valence electrons. The summed E-state index contributed by atoms with van der Waals surface area (Å²) in [6, 6.07) is 5.63. The summed E-state index contributed by atoms with van der Waals surface area (Å²) in [5.41, 5.74) is 8.58. The van der Waals surface area contributed by atoms with Crippen molar-refractivity contribution in [2.24, 2.45) is 5.73 Å². The number of amides is 1. The molecule has 0 aliphatic carbocycles. The minimum atomic E-state index is -0.537. The van der Waals surface area contributed by atoms with E-state index in [1.54, 1.807) is 16.9 Å². The Kier molecular flexibility index (Phi) is 2.49. The second kappa shape index (κ2) is 4.16. The number of nitrogens with zero attached hydrogens (tertiary/aromatic N) is 4. The Morgan fingerprint density at radius 1 is 1.37 bits per heavy atom. The number of hydrogen-bond donors (Lipinski definition) is 1. The summed E-state index contributed by atoms with van der Waals surface area (Å²) in [7, 11) is 0.